The summed E-state index contributed by atoms with van der Waals surface area (Å²) in [6.45, 7) is 5.80. The van der Waals surface area contributed by atoms with Crippen molar-refractivity contribution in [1.82, 2.24) is 19.8 Å². The molecule has 1 aliphatic rings. The quantitative estimate of drug-likeness (QED) is 0.281. The van der Waals surface area contributed by atoms with Gasteiger partial charge < -0.3 is 15.0 Å². The van der Waals surface area contributed by atoms with Crippen LogP contribution in [0.5, 0.6) is 5.75 Å². The first kappa shape index (κ1) is 28.4. The van der Waals surface area contributed by atoms with E-state index in [0.29, 0.717) is 23.8 Å². The molecule has 4 aromatic rings. The maximum atomic E-state index is 14.0. The van der Waals surface area contributed by atoms with Crippen LogP contribution in [0, 0.1) is 11.6 Å². The van der Waals surface area contributed by atoms with Crippen LogP contribution in [0.25, 0.3) is 11.3 Å². The highest BCUT2D eigenvalue weighted by Crippen LogP contribution is 2.26. The third kappa shape index (κ3) is 7.34. The van der Waals surface area contributed by atoms with Gasteiger partial charge in [-0.15, -0.1) is 0 Å². The molecule has 2 N–H and O–H groups in total. The molecule has 12 heteroatoms. The van der Waals surface area contributed by atoms with E-state index in [9.17, 15) is 17.2 Å². The molecule has 41 heavy (non-hydrogen) atoms. The van der Waals surface area contributed by atoms with E-state index >= 15 is 0 Å². The van der Waals surface area contributed by atoms with Crippen LogP contribution < -0.4 is 14.8 Å². The van der Waals surface area contributed by atoms with E-state index in [1.54, 1.807) is 18.2 Å². The van der Waals surface area contributed by atoms with Crippen LogP contribution >= 0.6 is 0 Å². The molecule has 0 unspecified atom stereocenters. The third-order valence-corrected chi connectivity index (χ3v) is 8.12. The second-order valence-electron chi connectivity index (χ2n) is 9.66. The molecule has 2 heterocycles. The van der Waals surface area contributed by atoms with Crippen molar-refractivity contribution < 1.29 is 21.9 Å². The number of nitrogens with one attached hydrogen (secondary N) is 2. The van der Waals surface area contributed by atoms with Crippen molar-refractivity contribution in [3.63, 3.8) is 0 Å². The van der Waals surface area contributed by atoms with Crippen LogP contribution in [0.1, 0.15) is 0 Å². The van der Waals surface area contributed by atoms with Gasteiger partial charge in [-0.05, 0) is 67.7 Å². The summed E-state index contributed by atoms with van der Waals surface area (Å²) in [4.78, 5) is 12.3. The lowest BCUT2D eigenvalue weighted by atomic mass is 10.1. The smallest absolute Gasteiger partial charge is 0.267 e. The van der Waals surface area contributed by atoms with Crippen molar-refractivity contribution >= 4 is 27.2 Å². The Morgan fingerprint density at radius 3 is 2.22 bits per heavy atom. The Hall–Kier alpha value is -4.13. The van der Waals surface area contributed by atoms with E-state index < -0.39 is 26.6 Å². The van der Waals surface area contributed by atoms with Crippen molar-refractivity contribution in [2.75, 3.05) is 56.4 Å². The van der Waals surface area contributed by atoms with Crippen LogP contribution in [-0.2, 0) is 10.0 Å². The van der Waals surface area contributed by atoms with Crippen LogP contribution in [-0.4, -0.2) is 74.6 Å². The normalized spacial score (nSPS) is 14.5. The number of halogens is 2. The molecule has 0 radical (unpaired) electrons. The van der Waals surface area contributed by atoms with Crippen LogP contribution in [0.4, 0.5) is 26.0 Å². The number of nitrogens with zero attached hydrogens (tertiary/aromatic N) is 4. The van der Waals surface area contributed by atoms with Gasteiger partial charge in [0.15, 0.2) is 4.90 Å². The Labute approximate surface area is 237 Å². The fourth-order valence-electron chi connectivity index (χ4n) is 4.38. The van der Waals surface area contributed by atoms with Gasteiger partial charge in [-0.1, -0.05) is 6.07 Å². The first-order valence-corrected chi connectivity index (χ1v) is 14.6. The first-order valence-electron chi connectivity index (χ1n) is 13.1. The average Bonchev–Trinajstić information content (AvgIpc) is 2.95. The van der Waals surface area contributed by atoms with Crippen molar-refractivity contribution in [1.29, 1.82) is 0 Å². The number of aromatic nitrogens is 2. The molecule has 0 aliphatic carbocycles. The van der Waals surface area contributed by atoms with Gasteiger partial charge in [0.25, 0.3) is 10.0 Å². The van der Waals surface area contributed by atoms with E-state index in [4.69, 9.17) is 4.74 Å². The number of rotatable bonds is 10. The Kier molecular flexibility index (Phi) is 8.72. The molecule has 0 saturated carbocycles. The molecule has 1 saturated heterocycles. The van der Waals surface area contributed by atoms with E-state index in [2.05, 4.69) is 36.9 Å². The molecule has 1 fully saturated rings. The molecule has 1 aromatic heterocycles. The molecule has 5 rings (SSSR count). The van der Waals surface area contributed by atoms with Crippen molar-refractivity contribution in [2.45, 2.75) is 4.90 Å². The van der Waals surface area contributed by atoms with E-state index in [-0.39, 0.29) is 5.69 Å². The largest absolute Gasteiger partial charge is 0.492 e. The average molecular weight is 581 g/mol. The number of sulfonamides is 1. The van der Waals surface area contributed by atoms with Gasteiger partial charge >= 0.3 is 0 Å². The molecule has 0 amide bonds. The lowest BCUT2D eigenvalue weighted by Gasteiger charge is -2.32. The predicted octanol–water partition coefficient (Wildman–Crippen LogP) is 4.59. The molecular weight excluding hydrogens is 550 g/mol. The van der Waals surface area contributed by atoms with Crippen LogP contribution in [0.15, 0.2) is 84.0 Å². The molecule has 1 aliphatic heterocycles. The summed E-state index contributed by atoms with van der Waals surface area (Å²) in [5.41, 5.74) is 2.38. The van der Waals surface area contributed by atoms with Crippen molar-refractivity contribution in [3.8, 4) is 17.0 Å². The Bertz CT molecular complexity index is 1560. The van der Waals surface area contributed by atoms with Gasteiger partial charge in [-0.2, -0.15) is 0 Å². The topological polar surface area (TPSA) is 99.7 Å². The monoisotopic (exact) mass is 580 g/mol. The van der Waals surface area contributed by atoms with E-state index in [1.807, 2.05) is 24.3 Å². The van der Waals surface area contributed by atoms with E-state index in [0.717, 1.165) is 62.2 Å². The highest BCUT2D eigenvalue weighted by molar-refractivity contribution is 7.92. The summed E-state index contributed by atoms with van der Waals surface area (Å²) >= 11 is 0. The number of likely N-dealkylation sites (N-methyl/N-ethyl adjacent to an activating group) is 1. The van der Waals surface area contributed by atoms with Gasteiger partial charge in [0, 0.05) is 55.7 Å². The lowest BCUT2D eigenvalue weighted by Crippen LogP contribution is -2.45. The minimum absolute atomic E-state index is 0.146. The summed E-state index contributed by atoms with van der Waals surface area (Å²) in [6.07, 6.45) is 1.45. The highest BCUT2D eigenvalue weighted by Gasteiger charge is 2.23. The summed E-state index contributed by atoms with van der Waals surface area (Å²) in [5.74, 6) is -1.01. The number of anilines is 3. The van der Waals surface area contributed by atoms with Crippen molar-refractivity contribution in [2.24, 2.45) is 0 Å². The SMILES string of the molecule is CN1CCN(CCOc2ccc(-c3cc(Nc4ccc(NS(=O)(=O)c5c(F)cccc5F)cc4)ncn3)cc2)CC1. The molecule has 9 nitrogen and oxygen atoms in total. The minimum Gasteiger partial charge on any atom is -0.492 e. The number of hydrogen-bond acceptors (Lipinski definition) is 8. The number of benzene rings is 3. The highest BCUT2D eigenvalue weighted by atomic mass is 32.2. The summed E-state index contributed by atoms with van der Waals surface area (Å²) in [6, 6.07) is 18.6. The zero-order valence-electron chi connectivity index (χ0n) is 22.4. The molecule has 0 bridgehead atoms. The number of hydrogen-bond donors (Lipinski definition) is 2. The standard InChI is InChI=1S/C29H30F2N6O3S/c1-36-13-15-37(16-14-36)17-18-40-24-11-5-21(6-12-24)27-19-28(33-20-32-27)34-22-7-9-23(10-8-22)35-41(38,39)29-25(30)3-2-4-26(29)31/h2-12,19-20,35H,13-18H2,1H3,(H,32,33,34). The number of piperazine rings is 1. The van der Waals surface area contributed by atoms with Crippen LogP contribution in [0.3, 0.4) is 0 Å². The summed E-state index contributed by atoms with van der Waals surface area (Å²) in [7, 11) is -2.31. The van der Waals surface area contributed by atoms with Gasteiger partial charge in [0.2, 0.25) is 0 Å². The second-order valence-corrected chi connectivity index (χ2v) is 11.3. The van der Waals surface area contributed by atoms with E-state index in [1.165, 1.54) is 18.5 Å². The summed E-state index contributed by atoms with van der Waals surface area (Å²) in [5, 5.41) is 3.15. The van der Waals surface area contributed by atoms with Gasteiger partial charge in [-0.25, -0.2) is 27.2 Å². The Balaban J connectivity index is 1.17. The van der Waals surface area contributed by atoms with Crippen molar-refractivity contribution in [3.05, 3.63) is 90.8 Å². The van der Waals surface area contributed by atoms with Gasteiger partial charge in [0.1, 0.15) is 36.1 Å². The second kappa shape index (κ2) is 12.6. The molecule has 0 spiro atoms. The fraction of sp³-hybridized carbons (Fsp3) is 0.241. The third-order valence-electron chi connectivity index (χ3n) is 6.69. The fourth-order valence-corrected chi connectivity index (χ4v) is 5.58. The lowest BCUT2D eigenvalue weighted by molar-refractivity contribution is 0.134. The minimum atomic E-state index is -4.45. The Morgan fingerprint density at radius 1 is 0.878 bits per heavy atom. The molecule has 3 aromatic carbocycles. The summed E-state index contributed by atoms with van der Waals surface area (Å²) < 4.78 is 61.1. The molecular formula is C29H30F2N6O3S. The van der Waals surface area contributed by atoms with Crippen LogP contribution in [0.2, 0.25) is 0 Å². The maximum absolute atomic E-state index is 14.0. The van der Waals surface area contributed by atoms with Gasteiger partial charge in [-0.3, -0.25) is 9.62 Å². The zero-order chi connectivity index (χ0) is 28.8. The molecule has 0 atom stereocenters. The number of ether oxygens (including phenoxy) is 1. The zero-order valence-corrected chi connectivity index (χ0v) is 23.2. The predicted molar refractivity (Wildman–Crippen MR) is 154 cm³/mol. The first-order chi connectivity index (χ1) is 19.8. The van der Waals surface area contributed by atoms with Gasteiger partial charge in [0.05, 0.1) is 5.69 Å². The Morgan fingerprint density at radius 2 is 1.54 bits per heavy atom. The molecule has 214 valence electrons. The maximum Gasteiger partial charge on any atom is 0.267 e.